The number of carbonyl (C=O) groups is 2. The van der Waals surface area contributed by atoms with Gasteiger partial charge in [-0.3, -0.25) is 4.79 Å². The van der Waals surface area contributed by atoms with Crippen LogP contribution in [0.15, 0.2) is 0 Å². The second-order valence-corrected chi connectivity index (χ2v) is 5.81. The van der Waals surface area contributed by atoms with Gasteiger partial charge in [-0.25, -0.2) is 4.79 Å². The van der Waals surface area contributed by atoms with Crippen LogP contribution >= 0.6 is 0 Å². The summed E-state index contributed by atoms with van der Waals surface area (Å²) in [4.78, 5) is 23.9. The van der Waals surface area contributed by atoms with E-state index < -0.39 is 17.5 Å². The van der Waals surface area contributed by atoms with Gasteiger partial charge in [-0.05, 0) is 27.2 Å². The van der Waals surface area contributed by atoms with E-state index in [1.165, 1.54) is 0 Å². The van der Waals surface area contributed by atoms with Crippen molar-refractivity contribution in [1.29, 1.82) is 0 Å². The first-order valence-corrected chi connectivity index (χ1v) is 7.14. The molecule has 0 fully saturated rings. The second kappa shape index (κ2) is 8.18. The summed E-state index contributed by atoms with van der Waals surface area (Å²) >= 11 is 0. The molecule has 0 bridgehead atoms. The minimum Gasteiger partial charge on any atom is -0.463 e. The molecular formula is C15H28O4. The molecule has 0 heterocycles. The monoisotopic (exact) mass is 272 g/mol. The highest BCUT2D eigenvalue weighted by molar-refractivity contribution is 5.82. The van der Waals surface area contributed by atoms with Gasteiger partial charge in [0.1, 0.15) is 0 Å². The molecule has 1 unspecified atom stereocenters. The number of hydrogen-bond donors (Lipinski definition) is 0. The standard InChI is InChI=1S/C15H28O4/c1-7-9-10-15(5,6)14(17)19-12(11(3)4)13(16)18-8-2/h11-12H,7-10H2,1-6H3. The summed E-state index contributed by atoms with van der Waals surface area (Å²) in [7, 11) is 0. The van der Waals surface area contributed by atoms with Crippen LogP contribution in [-0.4, -0.2) is 24.6 Å². The molecular weight excluding hydrogens is 244 g/mol. The van der Waals surface area contributed by atoms with Crippen molar-refractivity contribution < 1.29 is 19.1 Å². The number of esters is 2. The molecule has 0 aromatic heterocycles. The highest BCUT2D eigenvalue weighted by Crippen LogP contribution is 2.26. The van der Waals surface area contributed by atoms with Gasteiger partial charge >= 0.3 is 11.9 Å². The van der Waals surface area contributed by atoms with Crippen molar-refractivity contribution in [3.63, 3.8) is 0 Å². The second-order valence-electron chi connectivity index (χ2n) is 5.81. The zero-order valence-corrected chi connectivity index (χ0v) is 13.1. The summed E-state index contributed by atoms with van der Waals surface area (Å²) in [5.41, 5.74) is -0.560. The van der Waals surface area contributed by atoms with Crippen LogP contribution in [0.3, 0.4) is 0 Å². The fourth-order valence-corrected chi connectivity index (χ4v) is 1.68. The smallest absolute Gasteiger partial charge is 0.347 e. The van der Waals surface area contributed by atoms with Crippen molar-refractivity contribution in [3.8, 4) is 0 Å². The van der Waals surface area contributed by atoms with Gasteiger partial charge in [-0.2, -0.15) is 0 Å². The fraction of sp³-hybridized carbons (Fsp3) is 0.867. The molecule has 19 heavy (non-hydrogen) atoms. The Labute approximate surface area is 116 Å². The number of carbonyl (C=O) groups excluding carboxylic acids is 2. The lowest BCUT2D eigenvalue weighted by molar-refractivity contribution is -0.176. The van der Waals surface area contributed by atoms with Crippen molar-refractivity contribution in [2.24, 2.45) is 11.3 Å². The summed E-state index contributed by atoms with van der Waals surface area (Å²) in [6.07, 6.45) is 1.94. The van der Waals surface area contributed by atoms with Crippen LogP contribution in [-0.2, 0) is 19.1 Å². The van der Waals surface area contributed by atoms with Crippen LogP contribution in [0.4, 0.5) is 0 Å². The van der Waals surface area contributed by atoms with Gasteiger partial charge in [0, 0.05) is 5.92 Å². The number of hydrogen-bond acceptors (Lipinski definition) is 4. The Morgan fingerprint density at radius 1 is 1.16 bits per heavy atom. The molecule has 0 aliphatic heterocycles. The van der Waals surface area contributed by atoms with Crippen LogP contribution in [0, 0.1) is 11.3 Å². The summed E-state index contributed by atoms with van der Waals surface area (Å²) in [6.45, 7) is 11.5. The molecule has 0 amide bonds. The largest absolute Gasteiger partial charge is 0.463 e. The maximum Gasteiger partial charge on any atom is 0.347 e. The number of unbranched alkanes of at least 4 members (excludes halogenated alkanes) is 1. The molecule has 112 valence electrons. The summed E-state index contributed by atoms with van der Waals surface area (Å²) in [5.74, 6) is -0.880. The third kappa shape index (κ3) is 6.08. The van der Waals surface area contributed by atoms with E-state index in [0.717, 1.165) is 19.3 Å². The molecule has 4 nitrogen and oxygen atoms in total. The first-order valence-electron chi connectivity index (χ1n) is 7.14. The summed E-state index contributed by atoms with van der Waals surface area (Å²) in [6, 6.07) is 0. The molecule has 1 atom stereocenters. The van der Waals surface area contributed by atoms with Crippen molar-refractivity contribution >= 4 is 11.9 Å². The molecule has 0 rings (SSSR count). The van der Waals surface area contributed by atoms with Gasteiger partial charge in [-0.1, -0.05) is 33.6 Å². The van der Waals surface area contributed by atoms with E-state index in [1.807, 2.05) is 27.7 Å². The molecule has 4 heteroatoms. The zero-order valence-electron chi connectivity index (χ0n) is 13.1. The van der Waals surface area contributed by atoms with Crippen LogP contribution in [0.2, 0.25) is 0 Å². The van der Waals surface area contributed by atoms with E-state index in [2.05, 4.69) is 6.92 Å². The maximum atomic E-state index is 12.2. The SMILES string of the molecule is CCCCC(C)(C)C(=O)OC(C(=O)OCC)C(C)C. The predicted molar refractivity (Wildman–Crippen MR) is 74.7 cm³/mol. The van der Waals surface area contributed by atoms with E-state index in [1.54, 1.807) is 6.92 Å². The minimum atomic E-state index is -0.812. The lowest BCUT2D eigenvalue weighted by Gasteiger charge is -2.27. The first kappa shape index (κ1) is 17.9. The number of ether oxygens (including phenoxy) is 2. The van der Waals surface area contributed by atoms with Crippen LogP contribution in [0.1, 0.15) is 60.8 Å². The maximum absolute atomic E-state index is 12.2. The number of rotatable bonds is 8. The van der Waals surface area contributed by atoms with Crippen LogP contribution in [0.25, 0.3) is 0 Å². The molecule has 0 N–H and O–H groups in total. The van der Waals surface area contributed by atoms with E-state index in [0.29, 0.717) is 6.61 Å². The molecule has 0 aromatic carbocycles. The normalized spacial score (nSPS) is 13.2. The Bertz CT molecular complexity index is 295. The minimum absolute atomic E-state index is 0.0926. The molecule has 0 aromatic rings. The van der Waals surface area contributed by atoms with Gasteiger partial charge in [0.15, 0.2) is 0 Å². The van der Waals surface area contributed by atoms with E-state index in [9.17, 15) is 9.59 Å². The van der Waals surface area contributed by atoms with Crippen molar-refractivity contribution in [2.45, 2.75) is 66.9 Å². The summed E-state index contributed by atoms with van der Waals surface area (Å²) < 4.78 is 10.3. The van der Waals surface area contributed by atoms with Crippen molar-refractivity contribution in [2.75, 3.05) is 6.61 Å². The van der Waals surface area contributed by atoms with Gasteiger partial charge < -0.3 is 9.47 Å². The van der Waals surface area contributed by atoms with Gasteiger partial charge in [0.25, 0.3) is 0 Å². The Morgan fingerprint density at radius 3 is 2.16 bits per heavy atom. The van der Waals surface area contributed by atoms with E-state index in [-0.39, 0.29) is 11.9 Å². The van der Waals surface area contributed by atoms with E-state index in [4.69, 9.17) is 9.47 Å². The summed E-state index contributed by atoms with van der Waals surface area (Å²) in [5, 5.41) is 0. The lowest BCUT2D eigenvalue weighted by Crippen LogP contribution is -2.38. The molecule has 0 saturated heterocycles. The van der Waals surface area contributed by atoms with Gasteiger partial charge in [0.05, 0.1) is 12.0 Å². The van der Waals surface area contributed by atoms with Crippen molar-refractivity contribution in [1.82, 2.24) is 0 Å². The van der Waals surface area contributed by atoms with Crippen LogP contribution in [0.5, 0.6) is 0 Å². The average Bonchev–Trinajstić information content (AvgIpc) is 2.32. The lowest BCUT2D eigenvalue weighted by atomic mass is 9.87. The van der Waals surface area contributed by atoms with Crippen LogP contribution < -0.4 is 0 Å². The van der Waals surface area contributed by atoms with Gasteiger partial charge in [-0.15, -0.1) is 0 Å². The third-order valence-electron chi connectivity index (χ3n) is 3.07. The Hall–Kier alpha value is -1.06. The molecule has 0 radical (unpaired) electrons. The Kier molecular flexibility index (Phi) is 7.72. The molecule has 0 saturated carbocycles. The molecule has 0 aliphatic carbocycles. The molecule has 0 spiro atoms. The van der Waals surface area contributed by atoms with Crippen molar-refractivity contribution in [3.05, 3.63) is 0 Å². The molecule has 0 aliphatic rings. The highest BCUT2D eigenvalue weighted by Gasteiger charge is 2.35. The predicted octanol–water partition coefficient (Wildman–Crippen LogP) is 3.33. The third-order valence-corrected chi connectivity index (χ3v) is 3.07. The van der Waals surface area contributed by atoms with Gasteiger partial charge in [0.2, 0.25) is 6.10 Å². The highest BCUT2D eigenvalue weighted by atomic mass is 16.6. The average molecular weight is 272 g/mol. The topological polar surface area (TPSA) is 52.6 Å². The Morgan fingerprint density at radius 2 is 1.74 bits per heavy atom. The van der Waals surface area contributed by atoms with E-state index >= 15 is 0 Å². The first-order chi connectivity index (χ1) is 8.76. The fourth-order valence-electron chi connectivity index (χ4n) is 1.68. The quantitative estimate of drug-likeness (QED) is 0.636. The zero-order chi connectivity index (χ0) is 15.1. The Balaban J connectivity index is 4.67.